The minimum atomic E-state index is -0.530. The topological polar surface area (TPSA) is 55.8 Å². The molecule has 1 amide bonds. The van der Waals surface area contributed by atoms with Gasteiger partial charge in [0.15, 0.2) is 6.61 Å². The van der Waals surface area contributed by atoms with E-state index in [4.69, 9.17) is 9.47 Å². The summed E-state index contributed by atoms with van der Waals surface area (Å²) in [7, 11) is 1.55. The second-order valence-corrected chi connectivity index (χ2v) is 4.67. The number of rotatable bonds is 7. The molecule has 21 heavy (non-hydrogen) atoms. The summed E-state index contributed by atoms with van der Waals surface area (Å²) in [5.41, 5.74) is 1.26. The molecule has 0 fully saturated rings. The van der Waals surface area contributed by atoms with Crippen LogP contribution in [0.1, 0.15) is 24.2 Å². The Hall–Kier alpha value is -2.30. The second-order valence-electron chi connectivity index (χ2n) is 4.67. The average molecular weight is 291 g/mol. The zero-order chi connectivity index (χ0) is 15.8. The van der Waals surface area contributed by atoms with Crippen LogP contribution < -0.4 is 4.74 Å². The molecule has 0 aliphatic heterocycles. The van der Waals surface area contributed by atoms with Gasteiger partial charge in [-0.25, -0.2) is 4.79 Å². The van der Waals surface area contributed by atoms with E-state index >= 15 is 0 Å². The summed E-state index contributed by atoms with van der Waals surface area (Å²) < 4.78 is 10.0. The largest absolute Gasteiger partial charge is 0.497 e. The first-order valence-corrected chi connectivity index (χ1v) is 6.71. The van der Waals surface area contributed by atoms with Crippen LogP contribution in [0.15, 0.2) is 36.4 Å². The molecule has 5 nitrogen and oxygen atoms in total. The highest BCUT2D eigenvalue weighted by atomic mass is 16.5. The molecule has 0 aliphatic carbocycles. The first-order valence-electron chi connectivity index (χ1n) is 6.71. The van der Waals surface area contributed by atoms with Crippen LogP contribution in [-0.2, 0) is 9.53 Å². The van der Waals surface area contributed by atoms with Crippen LogP contribution in [0.5, 0.6) is 5.75 Å². The number of esters is 1. The minimum Gasteiger partial charge on any atom is -0.497 e. The number of carbonyl (C=O) groups is 2. The van der Waals surface area contributed by atoms with Crippen molar-refractivity contribution in [2.45, 2.75) is 13.8 Å². The van der Waals surface area contributed by atoms with Gasteiger partial charge in [0, 0.05) is 13.1 Å². The molecule has 0 saturated carbocycles. The predicted molar refractivity (Wildman–Crippen MR) is 80.3 cm³/mol. The van der Waals surface area contributed by atoms with Crippen LogP contribution >= 0.6 is 0 Å². The maximum atomic E-state index is 11.9. The molecule has 0 unspecified atom stereocenters. The second kappa shape index (κ2) is 8.09. The quantitative estimate of drug-likeness (QED) is 0.571. The van der Waals surface area contributed by atoms with Crippen molar-refractivity contribution in [1.29, 1.82) is 0 Å². The predicted octanol–water partition coefficient (Wildman–Crippen LogP) is 2.28. The molecule has 0 heterocycles. The monoisotopic (exact) mass is 291 g/mol. The molecule has 0 radical (unpaired) electrons. The fourth-order valence-corrected chi connectivity index (χ4v) is 1.73. The zero-order valence-corrected chi connectivity index (χ0v) is 12.7. The first kappa shape index (κ1) is 16.8. The van der Waals surface area contributed by atoms with Crippen LogP contribution in [0.25, 0.3) is 0 Å². The Bertz CT molecular complexity index is 508. The van der Waals surface area contributed by atoms with Crippen LogP contribution in [0.3, 0.4) is 0 Å². The third-order valence-electron chi connectivity index (χ3n) is 2.85. The van der Waals surface area contributed by atoms with E-state index in [0.717, 1.165) is 5.57 Å². The number of likely N-dealkylation sites (N-methyl/N-ethyl adjacent to an activating group) is 1. The van der Waals surface area contributed by atoms with Gasteiger partial charge in [0.1, 0.15) is 5.75 Å². The molecule has 0 aliphatic rings. The summed E-state index contributed by atoms with van der Waals surface area (Å²) >= 11 is 0. The first-order chi connectivity index (χ1) is 9.97. The number of hydrogen-bond acceptors (Lipinski definition) is 4. The Morgan fingerprint density at radius 1 is 1.24 bits per heavy atom. The Morgan fingerprint density at radius 3 is 2.33 bits per heavy atom. The van der Waals surface area contributed by atoms with E-state index in [-0.39, 0.29) is 12.5 Å². The number of benzene rings is 1. The Labute approximate surface area is 125 Å². The smallest absolute Gasteiger partial charge is 0.338 e. The summed E-state index contributed by atoms with van der Waals surface area (Å²) in [6.07, 6.45) is 0. The van der Waals surface area contributed by atoms with E-state index in [9.17, 15) is 9.59 Å². The molecule has 0 saturated heterocycles. The lowest BCUT2D eigenvalue weighted by atomic mass is 10.2. The molecular formula is C16H21NO4. The molecule has 1 rings (SSSR count). The number of ether oxygens (including phenoxy) is 2. The lowest BCUT2D eigenvalue weighted by Crippen LogP contribution is -2.35. The molecule has 0 N–H and O–H groups in total. The molecule has 0 bridgehead atoms. The van der Waals surface area contributed by atoms with Gasteiger partial charge in [-0.3, -0.25) is 4.79 Å². The molecule has 0 aromatic heterocycles. The highest BCUT2D eigenvalue weighted by Gasteiger charge is 2.15. The maximum Gasteiger partial charge on any atom is 0.338 e. The fourth-order valence-electron chi connectivity index (χ4n) is 1.73. The Kier molecular flexibility index (Phi) is 6.46. The lowest BCUT2D eigenvalue weighted by Gasteiger charge is -2.20. The molecule has 114 valence electrons. The Morgan fingerprint density at radius 2 is 1.86 bits per heavy atom. The van der Waals surface area contributed by atoms with Gasteiger partial charge in [0.05, 0.1) is 12.7 Å². The number of methoxy groups -OCH3 is 1. The minimum absolute atomic E-state index is 0.234. The van der Waals surface area contributed by atoms with Crippen molar-refractivity contribution in [2.24, 2.45) is 0 Å². The maximum absolute atomic E-state index is 11.9. The third-order valence-corrected chi connectivity index (χ3v) is 2.85. The summed E-state index contributed by atoms with van der Waals surface area (Å²) in [4.78, 5) is 25.4. The van der Waals surface area contributed by atoms with E-state index in [2.05, 4.69) is 6.58 Å². The van der Waals surface area contributed by atoms with Gasteiger partial charge in [-0.1, -0.05) is 12.2 Å². The molecule has 5 heteroatoms. The van der Waals surface area contributed by atoms with Gasteiger partial charge in [-0.15, -0.1) is 0 Å². The molecule has 0 spiro atoms. The van der Waals surface area contributed by atoms with Crippen molar-refractivity contribution in [2.75, 3.05) is 26.8 Å². The summed E-state index contributed by atoms with van der Waals surface area (Å²) in [6.45, 7) is 8.23. The van der Waals surface area contributed by atoms with Crippen molar-refractivity contribution < 1.29 is 19.1 Å². The van der Waals surface area contributed by atoms with E-state index in [1.165, 1.54) is 0 Å². The third kappa shape index (κ3) is 5.30. The van der Waals surface area contributed by atoms with Crippen molar-refractivity contribution in [3.63, 3.8) is 0 Å². The number of hydrogen-bond donors (Lipinski definition) is 0. The zero-order valence-electron chi connectivity index (χ0n) is 12.7. The highest BCUT2D eigenvalue weighted by molar-refractivity contribution is 5.91. The van der Waals surface area contributed by atoms with E-state index in [1.807, 2.05) is 13.8 Å². The van der Waals surface area contributed by atoms with Crippen LogP contribution in [0.4, 0.5) is 0 Å². The molecular weight excluding hydrogens is 270 g/mol. The highest BCUT2D eigenvalue weighted by Crippen LogP contribution is 2.12. The van der Waals surface area contributed by atoms with Gasteiger partial charge >= 0.3 is 5.97 Å². The van der Waals surface area contributed by atoms with E-state index in [1.54, 1.807) is 36.3 Å². The molecule has 1 aromatic rings. The van der Waals surface area contributed by atoms with Crippen LogP contribution in [0.2, 0.25) is 0 Å². The van der Waals surface area contributed by atoms with Gasteiger partial charge in [-0.2, -0.15) is 0 Å². The number of carbonyl (C=O) groups excluding carboxylic acids is 2. The fraction of sp³-hybridized carbons (Fsp3) is 0.375. The number of nitrogens with zero attached hydrogens (tertiary/aromatic N) is 1. The summed E-state index contributed by atoms with van der Waals surface area (Å²) in [6, 6.07) is 6.52. The van der Waals surface area contributed by atoms with Crippen molar-refractivity contribution in [1.82, 2.24) is 4.90 Å². The summed E-state index contributed by atoms with van der Waals surface area (Å²) in [5.74, 6) is -0.110. The van der Waals surface area contributed by atoms with E-state index in [0.29, 0.717) is 24.4 Å². The van der Waals surface area contributed by atoms with Gasteiger partial charge in [-0.05, 0) is 38.1 Å². The molecule has 1 aromatic carbocycles. The van der Waals surface area contributed by atoms with Crippen molar-refractivity contribution in [3.05, 3.63) is 42.0 Å². The van der Waals surface area contributed by atoms with Gasteiger partial charge in [0.25, 0.3) is 5.91 Å². The van der Waals surface area contributed by atoms with Crippen molar-refractivity contribution >= 4 is 11.9 Å². The van der Waals surface area contributed by atoms with Gasteiger partial charge < -0.3 is 14.4 Å². The van der Waals surface area contributed by atoms with Crippen LogP contribution in [0, 0.1) is 0 Å². The molecule has 0 atom stereocenters. The summed E-state index contributed by atoms with van der Waals surface area (Å²) in [5, 5.41) is 0. The normalized spacial score (nSPS) is 9.86. The van der Waals surface area contributed by atoms with Crippen LogP contribution in [-0.4, -0.2) is 43.6 Å². The SMILES string of the molecule is C=C(C)CN(CC)C(=O)COC(=O)c1ccc(OC)cc1. The number of amides is 1. The average Bonchev–Trinajstić information content (AvgIpc) is 2.49. The lowest BCUT2D eigenvalue weighted by molar-refractivity contribution is -0.133. The standard InChI is InChI=1S/C16H21NO4/c1-5-17(10-12(2)3)15(18)11-21-16(19)13-6-8-14(20-4)9-7-13/h6-9H,2,5,10-11H2,1,3-4H3. The Balaban J connectivity index is 2.54. The van der Waals surface area contributed by atoms with Gasteiger partial charge in [0.2, 0.25) is 0 Å². The van der Waals surface area contributed by atoms with E-state index < -0.39 is 5.97 Å². The van der Waals surface area contributed by atoms with Crippen molar-refractivity contribution in [3.8, 4) is 5.75 Å².